The van der Waals surface area contributed by atoms with E-state index in [0.29, 0.717) is 22.5 Å². The lowest BCUT2D eigenvalue weighted by atomic mass is 10.1. The van der Waals surface area contributed by atoms with Gasteiger partial charge in [-0.25, -0.2) is 4.79 Å². The Kier molecular flexibility index (Phi) is 3.87. The summed E-state index contributed by atoms with van der Waals surface area (Å²) in [6, 6.07) is 14.1. The number of carbonyl (C=O) groups excluding carboxylic acids is 1. The fraction of sp³-hybridized carbons (Fsp3) is 0.0667. The number of ether oxygens (including phenoxy) is 1. The van der Waals surface area contributed by atoms with Crippen LogP contribution in [0.15, 0.2) is 42.5 Å². The molecule has 3 N–H and O–H groups in total. The summed E-state index contributed by atoms with van der Waals surface area (Å²) in [6.45, 7) is 0. The molecule has 2 aromatic rings. The van der Waals surface area contributed by atoms with Gasteiger partial charge < -0.3 is 15.8 Å². The second-order valence-corrected chi connectivity index (χ2v) is 4.08. The largest absolute Gasteiger partial charge is 0.465 e. The minimum absolute atomic E-state index is 0.300. The van der Waals surface area contributed by atoms with Gasteiger partial charge in [0.25, 0.3) is 0 Å². The van der Waals surface area contributed by atoms with Crippen molar-refractivity contribution in [2.24, 2.45) is 0 Å². The quantitative estimate of drug-likeness (QED) is 0.659. The highest BCUT2D eigenvalue weighted by atomic mass is 16.5. The molecular weight excluding hydrogens is 254 g/mol. The van der Waals surface area contributed by atoms with Crippen molar-refractivity contribution in [3.8, 4) is 6.07 Å². The second-order valence-electron chi connectivity index (χ2n) is 4.08. The van der Waals surface area contributed by atoms with Crippen molar-refractivity contribution in [2.75, 3.05) is 18.2 Å². The van der Waals surface area contributed by atoms with Gasteiger partial charge in [0.15, 0.2) is 0 Å². The molecule has 5 heteroatoms. The first-order valence-corrected chi connectivity index (χ1v) is 5.89. The number of nitrogens with zero attached hydrogens (tertiary/aromatic N) is 1. The first-order chi connectivity index (χ1) is 9.65. The molecule has 2 rings (SSSR count). The van der Waals surface area contributed by atoms with Gasteiger partial charge >= 0.3 is 5.97 Å². The Morgan fingerprint density at radius 1 is 1.30 bits per heavy atom. The number of hydrogen-bond donors (Lipinski definition) is 2. The number of nitrogens with one attached hydrogen (secondary N) is 1. The van der Waals surface area contributed by atoms with E-state index in [-0.39, 0.29) is 0 Å². The molecule has 0 radical (unpaired) electrons. The maximum atomic E-state index is 11.6. The molecular formula is C15H13N3O2. The summed E-state index contributed by atoms with van der Waals surface area (Å²) in [5.41, 5.74) is 8.40. The van der Waals surface area contributed by atoms with Gasteiger partial charge in [0.05, 0.1) is 35.7 Å². The topological polar surface area (TPSA) is 88.1 Å². The molecule has 0 saturated heterocycles. The third kappa shape index (κ3) is 2.70. The smallest absolute Gasteiger partial charge is 0.340 e. The van der Waals surface area contributed by atoms with Crippen LogP contribution in [0.3, 0.4) is 0 Å². The van der Waals surface area contributed by atoms with E-state index in [4.69, 9.17) is 11.0 Å². The fourth-order valence-corrected chi connectivity index (χ4v) is 1.78. The average molecular weight is 267 g/mol. The summed E-state index contributed by atoms with van der Waals surface area (Å²) in [6.07, 6.45) is 0. The van der Waals surface area contributed by atoms with E-state index in [1.807, 2.05) is 6.07 Å². The van der Waals surface area contributed by atoms with Crippen LogP contribution in [0.25, 0.3) is 0 Å². The number of esters is 1. The number of carbonyl (C=O) groups is 1. The van der Waals surface area contributed by atoms with Gasteiger partial charge in [0, 0.05) is 5.69 Å². The van der Waals surface area contributed by atoms with Crippen LogP contribution in [0, 0.1) is 11.3 Å². The van der Waals surface area contributed by atoms with Crippen LogP contribution < -0.4 is 11.1 Å². The minimum atomic E-state index is -0.489. The first kappa shape index (κ1) is 13.4. The standard InChI is InChI=1S/C15H13N3O2/c1-20-15(19)12-6-3-7-13(14(12)17)18-11-5-2-4-10(8-11)9-16/h2-8,18H,17H2,1H3. The molecule has 0 bridgehead atoms. The number of nitriles is 1. The summed E-state index contributed by atoms with van der Waals surface area (Å²) in [7, 11) is 1.30. The molecule has 20 heavy (non-hydrogen) atoms. The molecule has 0 heterocycles. The van der Waals surface area contributed by atoms with Gasteiger partial charge in [-0.2, -0.15) is 5.26 Å². The fourth-order valence-electron chi connectivity index (χ4n) is 1.78. The zero-order valence-electron chi connectivity index (χ0n) is 10.9. The molecule has 5 nitrogen and oxygen atoms in total. The zero-order valence-corrected chi connectivity index (χ0v) is 10.9. The van der Waals surface area contributed by atoms with E-state index in [9.17, 15) is 4.79 Å². The van der Waals surface area contributed by atoms with Crippen molar-refractivity contribution in [1.29, 1.82) is 5.26 Å². The van der Waals surface area contributed by atoms with Crippen LogP contribution in [0.5, 0.6) is 0 Å². The Bertz CT molecular complexity index is 690. The molecule has 0 fully saturated rings. The number of benzene rings is 2. The van der Waals surface area contributed by atoms with Gasteiger partial charge in [0.1, 0.15) is 0 Å². The van der Waals surface area contributed by atoms with Crippen LogP contribution in [-0.2, 0) is 4.74 Å². The van der Waals surface area contributed by atoms with Crippen LogP contribution in [0.4, 0.5) is 17.1 Å². The zero-order chi connectivity index (χ0) is 14.5. The van der Waals surface area contributed by atoms with Crippen LogP contribution in [-0.4, -0.2) is 13.1 Å². The Hall–Kier alpha value is -3.00. The number of rotatable bonds is 3. The molecule has 0 atom stereocenters. The predicted molar refractivity (Wildman–Crippen MR) is 76.6 cm³/mol. The van der Waals surface area contributed by atoms with Crippen molar-refractivity contribution in [3.63, 3.8) is 0 Å². The van der Waals surface area contributed by atoms with Crippen molar-refractivity contribution >= 4 is 23.0 Å². The van der Waals surface area contributed by atoms with Gasteiger partial charge in [-0.05, 0) is 30.3 Å². The molecule has 0 saturated carbocycles. The third-order valence-electron chi connectivity index (χ3n) is 2.78. The summed E-state index contributed by atoms with van der Waals surface area (Å²) >= 11 is 0. The van der Waals surface area contributed by atoms with E-state index in [2.05, 4.69) is 16.1 Å². The Morgan fingerprint density at radius 2 is 2.05 bits per heavy atom. The lowest BCUT2D eigenvalue weighted by Crippen LogP contribution is -2.07. The second kappa shape index (κ2) is 5.76. The first-order valence-electron chi connectivity index (χ1n) is 5.89. The van der Waals surface area contributed by atoms with Crippen LogP contribution in [0.1, 0.15) is 15.9 Å². The van der Waals surface area contributed by atoms with Crippen molar-refractivity contribution < 1.29 is 9.53 Å². The number of para-hydroxylation sites is 1. The highest BCUT2D eigenvalue weighted by Gasteiger charge is 2.12. The molecule has 0 unspecified atom stereocenters. The van der Waals surface area contributed by atoms with E-state index in [1.165, 1.54) is 7.11 Å². The maximum absolute atomic E-state index is 11.6. The van der Waals surface area contributed by atoms with Crippen LogP contribution in [0.2, 0.25) is 0 Å². The third-order valence-corrected chi connectivity index (χ3v) is 2.78. The highest BCUT2D eigenvalue weighted by molar-refractivity contribution is 5.98. The number of nitrogen functional groups attached to an aromatic ring is 1. The average Bonchev–Trinajstić information content (AvgIpc) is 2.49. The number of methoxy groups -OCH3 is 1. The monoisotopic (exact) mass is 267 g/mol. The molecule has 0 amide bonds. The summed E-state index contributed by atoms with van der Waals surface area (Å²) in [4.78, 5) is 11.6. The van der Waals surface area contributed by atoms with E-state index in [1.54, 1.807) is 36.4 Å². The number of anilines is 3. The lowest BCUT2D eigenvalue weighted by molar-refractivity contribution is 0.0602. The van der Waals surface area contributed by atoms with E-state index >= 15 is 0 Å². The highest BCUT2D eigenvalue weighted by Crippen LogP contribution is 2.27. The summed E-state index contributed by atoms with van der Waals surface area (Å²) < 4.78 is 4.67. The van der Waals surface area contributed by atoms with Crippen molar-refractivity contribution in [3.05, 3.63) is 53.6 Å². The van der Waals surface area contributed by atoms with Gasteiger partial charge in [-0.1, -0.05) is 12.1 Å². The molecule has 0 spiro atoms. The molecule has 0 aliphatic rings. The van der Waals surface area contributed by atoms with Crippen LogP contribution >= 0.6 is 0 Å². The Morgan fingerprint density at radius 3 is 2.75 bits per heavy atom. The van der Waals surface area contributed by atoms with Gasteiger partial charge in [-0.15, -0.1) is 0 Å². The Balaban J connectivity index is 2.34. The predicted octanol–water partition coefficient (Wildman–Crippen LogP) is 2.67. The van der Waals surface area contributed by atoms with Gasteiger partial charge in [-0.3, -0.25) is 0 Å². The number of nitrogens with two attached hydrogens (primary N) is 1. The minimum Gasteiger partial charge on any atom is -0.465 e. The van der Waals surface area contributed by atoms with Gasteiger partial charge in [0.2, 0.25) is 0 Å². The molecule has 100 valence electrons. The Labute approximate surface area is 116 Å². The normalized spacial score (nSPS) is 9.60. The number of hydrogen-bond acceptors (Lipinski definition) is 5. The maximum Gasteiger partial charge on any atom is 0.340 e. The summed E-state index contributed by atoms with van der Waals surface area (Å²) in [5.74, 6) is -0.489. The molecule has 2 aromatic carbocycles. The molecule has 0 aliphatic heterocycles. The van der Waals surface area contributed by atoms with E-state index < -0.39 is 5.97 Å². The molecule has 0 aliphatic carbocycles. The van der Waals surface area contributed by atoms with Crippen molar-refractivity contribution in [1.82, 2.24) is 0 Å². The molecule has 0 aromatic heterocycles. The van der Waals surface area contributed by atoms with E-state index in [0.717, 1.165) is 5.69 Å². The lowest BCUT2D eigenvalue weighted by Gasteiger charge is -2.12. The summed E-state index contributed by atoms with van der Waals surface area (Å²) in [5, 5.41) is 12.0. The SMILES string of the molecule is COC(=O)c1cccc(Nc2cccc(C#N)c2)c1N. The van der Waals surface area contributed by atoms with Crippen molar-refractivity contribution in [2.45, 2.75) is 0 Å².